The molecule has 0 fully saturated rings. The first-order valence-electron chi connectivity index (χ1n) is 11.3. The van der Waals surface area contributed by atoms with Crippen LogP contribution >= 0.6 is 11.6 Å². The van der Waals surface area contributed by atoms with Gasteiger partial charge in [-0.05, 0) is 60.0 Å². The number of aliphatic hydroxyl groups is 1. The van der Waals surface area contributed by atoms with E-state index in [-0.39, 0.29) is 5.91 Å². The molecular formula is C28H27ClN2O3. The largest absolute Gasteiger partial charge is 0.494 e. The summed E-state index contributed by atoms with van der Waals surface area (Å²) < 4.78 is 5.55. The molecule has 1 amide bonds. The van der Waals surface area contributed by atoms with E-state index in [9.17, 15) is 9.90 Å². The van der Waals surface area contributed by atoms with E-state index in [1.54, 1.807) is 6.08 Å². The van der Waals surface area contributed by atoms with Crippen LogP contribution in [0.15, 0.2) is 85.0 Å². The van der Waals surface area contributed by atoms with Crippen LogP contribution in [0.1, 0.15) is 23.6 Å². The highest BCUT2D eigenvalue weighted by Crippen LogP contribution is 2.29. The van der Waals surface area contributed by atoms with E-state index in [1.807, 2.05) is 79.7 Å². The van der Waals surface area contributed by atoms with Crippen LogP contribution in [-0.4, -0.2) is 30.3 Å². The molecule has 5 nitrogen and oxygen atoms in total. The first kappa shape index (κ1) is 23.6. The van der Waals surface area contributed by atoms with Crippen LogP contribution in [0.4, 0.5) is 11.4 Å². The second-order valence-corrected chi connectivity index (χ2v) is 8.40. The van der Waals surface area contributed by atoms with Crippen LogP contribution in [0.25, 0.3) is 5.57 Å². The summed E-state index contributed by atoms with van der Waals surface area (Å²) in [7, 11) is 0. The number of ether oxygens (including phenoxy) is 1. The molecule has 1 unspecified atom stereocenters. The monoisotopic (exact) mass is 474 g/mol. The quantitative estimate of drug-likeness (QED) is 0.303. The van der Waals surface area contributed by atoms with Crippen molar-refractivity contribution in [1.82, 2.24) is 0 Å². The lowest BCUT2D eigenvalue weighted by atomic mass is 9.97. The molecule has 34 heavy (non-hydrogen) atoms. The van der Waals surface area contributed by atoms with Crippen molar-refractivity contribution in [3.8, 4) is 5.75 Å². The van der Waals surface area contributed by atoms with E-state index in [4.69, 9.17) is 16.3 Å². The van der Waals surface area contributed by atoms with Crippen molar-refractivity contribution in [2.75, 3.05) is 23.8 Å². The number of benzene rings is 3. The number of β-amino-alcohol motifs (C(OH)–C–C–N with tert-alkyl or cyclic N) is 1. The number of fused-ring (bicyclic) bond motifs is 1. The van der Waals surface area contributed by atoms with Crippen molar-refractivity contribution >= 4 is 34.5 Å². The van der Waals surface area contributed by atoms with Gasteiger partial charge in [-0.2, -0.15) is 0 Å². The molecule has 0 aromatic heterocycles. The Morgan fingerprint density at radius 1 is 1.12 bits per heavy atom. The highest BCUT2D eigenvalue weighted by molar-refractivity contribution is 6.30. The Balaban J connectivity index is 1.55. The van der Waals surface area contributed by atoms with Crippen LogP contribution in [-0.2, 0) is 11.2 Å². The lowest BCUT2D eigenvalue weighted by Gasteiger charge is -2.24. The molecule has 0 bridgehead atoms. The van der Waals surface area contributed by atoms with Gasteiger partial charge in [-0.3, -0.25) is 4.79 Å². The number of amides is 1. The second kappa shape index (κ2) is 11.1. The fourth-order valence-corrected chi connectivity index (χ4v) is 4.04. The first-order chi connectivity index (χ1) is 16.5. The highest BCUT2D eigenvalue weighted by atomic mass is 35.5. The van der Waals surface area contributed by atoms with Crippen molar-refractivity contribution in [1.29, 1.82) is 0 Å². The molecule has 174 valence electrons. The minimum absolute atomic E-state index is 0.244. The van der Waals surface area contributed by atoms with E-state index >= 15 is 0 Å². The molecule has 6 heteroatoms. The molecular weight excluding hydrogens is 448 g/mol. The van der Waals surface area contributed by atoms with E-state index in [0.29, 0.717) is 30.3 Å². The number of carbonyl (C=O) groups is 1. The zero-order valence-corrected chi connectivity index (χ0v) is 19.7. The van der Waals surface area contributed by atoms with E-state index < -0.39 is 6.10 Å². The van der Waals surface area contributed by atoms with E-state index in [2.05, 4.69) is 10.6 Å². The van der Waals surface area contributed by atoms with Gasteiger partial charge in [-0.1, -0.05) is 54.1 Å². The SMILES string of the molecule is CCOc1ccc(/C(=C/C=C/C(=O)Nc2cccc3c2CC(O)CN3)c2ccc(Cl)cc2)cc1. The van der Waals surface area contributed by atoms with E-state index in [1.165, 1.54) is 6.08 Å². The summed E-state index contributed by atoms with van der Waals surface area (Å²) >= 11 is 6.08. The van der Waals surface area contributed by atoms with Crippen LogP contribution in [0, 0.1) is 0 Å². The van der Waals surface area contributed by atoms with Gasteiger partial charge in [0.25, 0.3) is 0 Å². The molecule has 3 N–H and O–H groups in total. The minimum atomic E-state index is -0.472. The number of anilines is 2. The lowest BCUT2D eigenvalue weighted by Crippen LogP contribution is -2.28. The second-order valence-electron chi connectivity index (χ2n) is 7.96. The molecule has 0 saturated carbocycles. The number of carbonyl (C=O) groups excluding carboxylic acids is 1. The Morgan fingerprint density at radius 3 is 2.53 bits per heavy atom. The summed E-state index contributed by atoms with van der Waals surface area (Å²) in [6.45, 7) is 3.07. The summed E-state index contributed by atoms with van der Waals surface area (Å²) in [5.74, 6) is 0.564. The average Bonchev–Trinajstić information content (AvgIpc) is 2.84. The molecule has 1 atom stereocenters. The lowest BCUT2D eigenvalue weighted by molar-refractivity contribution is -0.111. The third-order valence-corrected chi connectivity index (χ3v) is 5.80. The van der Waals surface area contributed by atoms with Gasteiger partial charge in [0.2, 0.25) is 5.91 Å². The predicted molar refractivity (Wildman–Crippen MR) is 139 cm³/mol. The van der Waals surface area contributed by atoms with Gasteiger partial charge in [0.15, 0.2) is 0 Å². The zero-order valence-electron chi connectivity index (χ0n) is 18.9. The Bertz CT molecular complexity index is 1200. The Labute approximate surface area is 204 Å². The Morgan fingerprint density at radius 2 is 1.82 bits per heavy atom. The summed E-state index contributed by atoms with van der Waals surface area (Å²) in [4.78, 5) is 12.7. The van der Waals surface area contributed by atoms with Gasteiger partial charge in [0.1, 0.15) is 5.75 Å². The molecule has 3 aromatic rings. The van der Waals surface area contributed by atoms with Crippen molar-refractivity contribution in [2.45, 2.75) is 19.4 Å². The minimum Gasteiger partial charge on any atom is -0.494 e. The zero-order chi connectivity index (χ0) is 23.9. The van der Waals surface area contributed by atoms with Crippen LogP contribution in [0.5, 0.6) is 5.75 Å². The number of halogens is 1. The number of nitrogens with one attached hydrogen (secondary N) is 2. The predicted octanol–water partition coefficient (Wildman–Crippen LogP) is 5.69. The van der Waals surface area contributed by atoms with Gasteiger partial charge >= 0.3 is 0 Å². The molecule has 0 spiro atoms. The van der Waals surface area contributed by atoms with Gasteiger partial charge in [-0.25, -0.2) is 0 Å². The van der Waals surface area contributed by atoms with Crippen molar-refractivity contribution in [3.63, 3.8) is 0 Å². The molecule has 1 aliphatic heterocycles. The Hall–Kier alpha value is -3.54. The van der Waals surface area contributed by atoms with Gasteiger partial charge in [0, 0.05) is 41.0 Å². The van der Waals surface area contributed by atoms with E-state index in [0.717, 1.165) is 33.7 Å². The van der Waals surface area contributed by atoms with Gasteiger partial charge in [0.05, 0.1) is 12.7 Å². The summed E-state index contributed by atoms with van der Waals surface area (Å²) in [6, 6.07) is 21.1. The number of hydrogen-bond donors (Lipinski definition) is 3. The van der Waals surface area contributed by atoms with Crippen LogP contribution in [0.2, 0.25) is 5.02 Å². The molecule has 0 radical (unpaired) electrons. The molecule has 1 aliphatic rings. The average molecular weight is 475 g/mol. The fraction of sp³-hybridized carbons (Fsp3) is 0.179. The maximum Gasteiger partial charge on any atom is 0.248 e. The fourth-order valence-electron chi connectivity index (χ4n) is 3.92. The standard InChI is InChI=1S/C28H27ClN2O3/c1-2-34-23-15-11-20(12-16-23)24(19-9-13-21(29)14-10-19)5-3-8-28(33)31-27-7-4-6-26-25(27)17-22(32)18-30-26/h3-16,22,30,32H,2,17-18H2,1H3,(H,31,33)/b8-3+,24-5+. The normalized spacial score (nSPS) is 15.5. The van der Waals surface area contributed by atoms with Crippen LogP contribution in [0.3, 0.4) is 0 Å². The number of hydrogen-bond acceptors (Lipinski definition) is 4. The molecule has 1 heterocycles. The summed E-state index contributed by atoms with van der Waals surface area (Å²) in [6.07, 6.45) is 5.17. The van der Waals surface area contributed by atoms with Gasteiger partial charge in [-0.15, -0.1) is 0 Å². The topological polar surface area (TPSA) is 70.6 Å². The number of rotatable bonds is 7. The summed E-state index contributed by atoms with van der Waals surface area (Å²) in [5, 5.41) is 16.8. The maximum atomic E-state index is 12.7. The highest BCUT2D eigenvalue weighted by Gasteiger charge is 2.19. The molecule has 0 saturated heterocycles. The first-order valence-corrected chi connectivity index (χ1v) is 11.6. The number of allylic oxidation sites excluding steroid dienone is 2. The molecule has 0 aliphatic carbocycles. The van der Waals surface area contributed by atoms with Gasteiger partial charge < -0.3 is 20.5 Å². The van der Waals surface area contributed by atoms with Crippen LogP contribution < -0.4 is 15.4 Å². The smallest absolute Gasteiger partial charge is 0.248 e. The maximum absolute atomic E-state index is 12.7. The van der Waals surface area contributed by atoms with Crippen molar-refractivity contribution in [2.24, 2.45) is 0 Å². The molecule has 3 aromatic carbocycles. The van der Waals surface area contributed by atoms with Crippen molar-refractivity contribution < 1.29 is 14.6 Å². The number of aliphatic hydroxyl groups excluding tert-OH is 1. The third-order valence-electron chi connectivity index (χ3n) is 5.54. The third kappa shape index (κ3) is 5.87. The summed E-state index contributed by atoms with van der Waals surface area (Å²) in [5.41, 5.74) is 5.48. The molecule has 4 rings (SSSR count). The Kier molecular flexibility index (Phi) is 7.68. The van der Waals surface area contributed by atoms with Crippen molar-refractivity contribution in [3.05, 3.63) is 107 Å².